The average molecular weight is 313 g/mol. The normalized spacial score (nSPS) is 23.2. The van der Waals surface area contributed by atoms with Gasteiger partial charge in [0.25, 0.3) is 0 Å². The van der Waals surface area contributed by atoms with Gasteiger partial charge in [-0.2, -0.15) is 0 Å². The van der Waals surface area contributed by atoms with Gasteiger partial charge in [-0.1, -0.05) is 25.4 Å². The molecule has 2 rings (SSSR count). The molecule has 0 saturated carbocycles. The smallest absolute Gasteiger partial charge is 0.222 e. The van der Waals surface area contributed by atoms with Crippen molar-refractivity contribution in [1.29, 1.82) is 0 Å². The highest BCUT2D eigenvalue weighted by Gasteiger charge is 2.26. The minimum absolute atomic E-state index is 0.249. The highest BCUT2D eigenvalue weighted by molar-refractivity contribution is 6.30. The molecule has 1 aliphatic heterocycles. The fraction of sp³-hybridized carbons (Fsp3) is 0.688. The summed E-state index contributed by atoms with van der Waals surface area (Å²) in [6.07, 6.45) is 3.60. The zero-order valence-electron chi connectivity index (χ0n) is 13.2. The molecule has 0 bridgehead atoms. The minimum atomic E-state index is 0.249. The Morgan fingerprint density at radius 2 is 2.00 bits per heavy atom. The summed E-state index contributed by atoms with van der Waals surface area (Å²) in [5.41, 5.74) is 1.28. The first-order valence-electron chi connectivity index (χ1n) is 7.82. The Morgan fingerprint density at radius 3 is 2.57 bits per heavy atom. The molecule has 0 aromatic rings. The first-order valence-corrected chi connectivity index (χ1v) is 8.20. The molecular weight excluding hydrogens is 288 g/mol. The van der Waals surface area contributed by atoms with Crippen LogP contribution >= 0.6 is 11.6 Å². The van der Waals surface area contributed by atoms with Crippen molar-refractivity contribution >= 4 is 17.5 Å². The van der Waals surface area contributed by atoms with Crippen molar-refractivity contribution in [3.8, 4) is 0 Å². The van der Waals surface area contributed by atoms with Crippen molar-refractivity contribution in [2.24, 2.45) is 5.92 Å². The monoisotopic (exact) mass is 312 g/mol. The Hall–Kier alpha value is -1.16. The molecule has 21 heavy (non-hydrogen) atoms. The first-order chi connectivity index (χ1) is 10.1. The number of allylic oxidation sites excluding steroid dienone is 3. The van der Waals surface area contributed by atoms with E-state index in [4.69, 9.17) is 16.3 Å². The summed E-state index contributed by atoms with van der Waals surface area (Å²) < 4.78 is 5.64. The average Bonchev–Trinajstić information content (AvgIpc) is 2.51. The first kappa shape index (κ1) is 16.2. The van der Waals surface area contributed by atoms with Gasteiger partial charge in [-0.05, 0) is 13.3 Å². The molecule has 1 aliphatic carbocycles. The van der Waals surface area contributed by atoms with Crippen LogP contribution in [0.25, 0.3) is 0 Å². The van der Waals surface area contributed by atoms with Gasteiger partial charge >= 0.3 is 0 Å². The maximum absolute atomic E-state index is 11.7. The Labute approximate surface area is 132 Å². The molecule has 0 spiro atoms. The van der Waals surface area contributed by atoms with Crippen LogP contribution in [0, 0.1) is 5.92 Å². The van der Waals surface area contributed by atoms with E-state index in [0.717, 1.165) is 43.4 Å². The van der Waals surface area contributed by atoms with Gasteiger partial charge < -0.3 is 14.5 Å². The van der Waals surface area contributed by atoms with Crippen molar-refractivity contribution in [3.05, 3.63) is 22.6 Å². The Kier molecular flexibility index (Phi) is 5.57. The number of carbonyl (C=O) groups is 1. The molecule has 1 saturated heterocycles. The van der Waals surface area contributed by atoms with Gasteiger partial charge in [0.05, 0.1) is 11.6 Å². The van der Waals surface area contributed by atoms with Crippen LogP contribution in [0.5, 0.6) is 0 Å². The molecule has 1 heterocycles. The van der Waals surface area contributed by atoms with Crippen molar-refractivity contribution in [3.63, 3.8) is 0 Å². The van der Waals surface area contributed by atoms with E-state index >= 15 is 0 Å². The number of ether oxygens (including phenoxy) is 1. The molecule has 1 atom stereocenters. The summed E-state index contributed by atoms with van der Waals surface area (Å²) in [6, 6.07) is 0. The van der Waals surface area contributed by atoms with Crippen LogP contribution in [-0.2, 0) is 9.53 Å². The summed E-state index contributed by atoms with van der Waals surface area (Å²) in [5.74, 6) is 1.35. The van der Waals surface area contributed by atoms with Crippen molar-refractivity contribution in [1.82, 2.24) is 9.80 Å². The lowest BCUT2D eigenvalue weighted by Crippen LogP contribution is -2.48. The van der Waals surface area contributed by atoms with Crippen LogP contribution < -0.4 is 0 Å². The number of nitrogens with zero attached hydrogens (tertiary/aromatic N) is 2. The second-order valence-electron chi connectivity index (χ2n) is 5.61. The second-order valence-corrected chi connectivity index (χ2v) is 6.01. The quantitative estimate of drug-likeness (QED) is 0.800. The molecule has 2 aliphatic rings. The van der Waals surface area contributed by atoms with Gasteiger partial charge in [0, 0.05) is 50.3 Å². The van der Waals surface area contributed by atoms with E-state index in [1.54, 1.807) is 0 Å². The second kappa shape index (κ2) is 7.21. The highest BCUT2D eigenvalue weighted by atomic mass is 35.5. The molecule has 0 radical (unpaired) electrons. The van der Waals surface area contributed by atoms with Gasteiger partial charge in [-0.15, -0.1) is 0 Å². The van der Waals surface area contributed by atoms with E-state index in [-0.39, 0.29) is 5.91 Å². The zero-order valence-corrected chi connectivity index (χ0v) is 13.9. The van der Waals surface area contributed by atoms with Gasteiger partial charge in [0.15, 0.2) is 0 Å². The van der Waals surface area contributed by atoms with Gasteiger partial charge in [-0.3, -0.25) is 4.79 Å². The van der Waals surface area contributed by atoms with Crippen LogP contribution in [0.15, 0.2) is 22.6 Å². The van der Waals surface area contributed by atoms with Gasteiger partial charge in [0.2, 0.25) is 5.91 Å². The molecule has 0 aromatic heterocycles. The molecule has 1 fully saturated rings. The Morgan fingerprint density at radius 1 is 1.33 bits per heavy atom. The summed E-state index contributed by atoms with van der Waals surface area (Å²) in [7, 11) is 0. The Balaban J connectivity index is 2.03. The van der Waals surface area contributed by atoms with E-state index in [1.165, 1.54) is 5.70 Å². The van der Waals surface area contributed by atoms with Crippen molar-refractivity contribution < 1.29 is 9.53 Å². The number of amides is 1. The predicted octanol–water partition coefficient (Wildman–Crippen LogP) is 2.95. The summed E-state index contributed by atoms with van der Waals surface area (Å²) in [5, 5.41) is 0.820. The van der Waals surface area contributed by atoms with E-state index in [9.17, 15) is 4.79 Å². The van der Waals surface area contributed by atoms with Crippen LogP contribution in [0.1, 0.15) is 33.6 Å². The third kappa shape index (κ3) is 3.73. The number of halogens is 1. The summed E-state index contributed by atoms with van der Waals surface area (Å²) in [6.45, 7) is 10.0. The van der Waals surface area contributed by atoms with E-state index in [0.29, 0.717) is 18.9 Å². The minimum Gasteiger partial charge on any atom is -0.493 e. The lowest BCUT2D eigenvalue weighted by Gasteiger charge is -2.39. The lowest BCUT2D eigenvalue weighted by molar-refractivity contribution is -0.132. The van der Waals surface area contributed by atoms with Gasteiger partial charge in [0.1, 0.15) is 5.76 Å². The summed E-state index contributed by atoms with van der Waals surface area (Å²) in [4.78, 5) is 16.0. The van der Waals surface area contributed by atoms with Crippen LogP contribution in [-0.4, -0.2) is 48.5 Å². The Bertz CT molecular complexity index is 451. The highest BCUT2D eigenvalue weighted by Crippen LogP contribution is 2.34. The molecule has 118 valence electrons. The van der Waals surface area contributed by atoms with Crippen LogP contribution in [0.2, 0.25) is 0 Å². The molecule has 0 aromatic carbocycles. The standard InChI is InChI=1S/C16H25ClN2O2/c1-4-15(20)19-8-6-18(7-9-19)13-10-12(3)16(17)14(11-13)21-5-2/h11-12H,4-10H2,1-3H3. The van der Waals surface area contributed by atoms with Crippen LogP contribution in [0.4, 0.5) is 0 Å². The molecular formula is C16H25ClN2O2. The van der Waals surface area contributed by atoms with Crippen molar-refractivity contribution in [2.45, 2.75) is 33.6 Å². The third-order valence-electron chi connectivity index (χ3n) is 4.12. The largest absolute Gasteiger partial charge is 0.493 e. The van der Waals surface area contributed by atoms with E-state index < -0.39 is 0 Å². The number of hydrogen-bond acceptors (Lipinski definition) is 3. The maximum Gasteiger partial charge on any atom is 0.222 e. The molecule has 0 N–H and O–H groups in total. The molecule has 1 unspecified atom stereocenters. The lowest BCUT2D eigenvalue weighted by atomic mass is 9.97. The number of carbonyl (C=O) groups excluding carboxylic acids is 1. The number of piperazine rings is 1. The number of hydrogen-bond donors (Lipinski definition) is 0. The van der Waals surface area contributed by atoms with E-state index in [1.807, 2.05) is 18.7 Å². The third-order valence-corrected chi connectivity index (χ3v) is 4.68. The SMILES string of the molecule is CCOC1=C(Cl)C(C)CC(N2CCN(C(=O)CC)CC2)=C1. The molecule has 4 nitrogen and oxygen atoms in total. The van der Waals surface area contributed by atoms with Gasteiger partial charge in [-0.25, -0.2) is 0 Å². The van der Waals surface area contributed by atoms with Crippen LogP contribution in [0.3, 0.4) is 0 Å². The molecule has 1 amide bonds. The predicted molar refractivity (Wildman–Crippen MR) is 84.8 cm³/mol. The maximum atomic E-state index is 11.7. The van der Waals surface area contributed by atoms with E-state index in [2.05, 4.69) is 17.9 Å². The topological polar surface area (TPSA) is 32.8 Å². The fourth-order valence-corrected chi connectivity index (χ4v) is 3.06. The number of rotatable bonds is 4. The fourth-order valence-electron chi connectivity index (χ4n) is 2.88. The summed E-state index contributed by atoms with van der Waals surface area (Å²) >= 11 is 6.34. The molecule has 5 heteroatoms. The van der Waals surface area contributed by atoms with Crippen molar-refractivity contribution in [2.75, 3.05) is 32.8 Å². The zero-order chi connectivity index (χ0) is 15.4.